The van der Waals surface area contributed by atoms with Crippen LogP contribution in [-0.4, -0.2) is 5.11 Å². The normalized spacial score (nSPS) is 13.1. The van der Waals surface area contributed by atoms with Gasteiger partial charge in [0.25, 0.3) is 0 Å². The second-order valence-electron chi connectivity index (χ2n) is 2.71. The summed E-state index contributed by atoms with van der Waals surface area (Å²) in [7, 11) is 0. The summed E-state index contributed by atoms with van der Waals surface area (Å²) in [6, 6.07) is 2.02. The number of halogens is 2. The van der Waals surface area contributed by atoms with Crippen molar-refractivity contribution in [2.75, 3.05) is 0 Å². The maximum absolute atomic E-state index is 10.1. The van der Waals surface area contributed by atoms with E-state index in [0.717, 1.165) is 18.5 Å². The third-order valence-corrected chi connectivity index (χ3v) is 5.86. The van der Waals surface area contributed by atoms with Gasteiger partial charge in [-0.3, -0.25) is 0 Å². The van der Waals surface area contributed by atoms with Gasteiger partial charge >= 0.3 is 0 Å². The molecule has 0 aliphatic rings. The van der Waals surface area contributed by atoms with Gasteiger partial charge in [0.05, 0.1) is 4.88 Å². The Kier molecular flexibility index (Phi) is 3.64. The summed E-state index contributed by atoms with van der Waals surface area (Å²) in [5.74, 6) is 0. The molecule has 2 rings (SSSR count). The van der Waals surface area contributed by atoms with Crippen molar-refractivity contribution in [2.24, 2.45) is 0 Å². The Morgan fingerprint density at radius 3 is 2.71 bits per heavy atom. The molecule has 0 aliphatic heterocycles. The highest BCUT2D eigenvalue weighted by molar-refractivity contribution is 14.1. The predicted molar refractivity (Wildman–Crippen MR) is 73.1 cm³/mol. The molecule has 2 aromatic heterocycles. The molecule has 2 aromatic rings. The average molecular weight is 401 g/mol. The molecule has 0 fully saturated rings. The highest BCUT2D eigenvalue weighted by Gasteiger charge is 2.17. The molecule has 0 aliphatic carbocycles. The van der Waals surface area contributed by atoms with Gasteiger partial charge in [-0.05, 0) is 55.3 Å². The molecule has 0 saturated heterocycles. The molecule has 74 valence electrons. The lowest BCUT2D eigenvalue weighted by molar-refractivity contribution is 0.223. The summed E-state index contributed by atoms with van der Waals surface area (Å²) in [6.07, 6.45) is -0.498. The van der Waals surface area contributed by atoms with Gasteiger partial charge in [0.2, 0.25) is 0 Å². The SMILES string of the molecule is OC(c1cscc1Br)c1sccc1I. The van der Waals surface area contributed by atoms with Crippen LogP contribution >= 0.6 is 61.2 Å². The van der Waals surface area contributed by atoms with E-state index in [0.29, 0.717) is 0 Å². The molecule has 1 atom stereocenters. The summed E-state index contributed by atoms with van der Waals surface area (Å²) in [6.45, 7) is 0. The Morgan fingerprint density at radius 2 is 2.21 bits per heavy atom. The Labute approximate surface area is 112 Å². The molecule has 1 N–H and O–H groups in total. The first-order valence-corrected chi connectivity index (χ1v) is 7.52. The molecule has 0 saturated carbocycles. The maximum Gasteiger partial charge on any atom is 0.116 e. The van der Waals surface area contributed by atoms with Crippen molar-refractivity contribution in [1.82, 2.24) is 0 Å². The predicted octanol–water partition coefficient (Wildman–Crippen LogP) is 4.26. The smallest absolute Gasteiger partial charge is 0.116 e. The molecule has 14 heavy (non-hydrogen) atoms. The van der Waals surface area contributed by atoms with E-state index in [1.54, 1.807) is 22.7 Å². The fourth-order valence-electron chi connectivity index (χ4n) is 1.13. The minimum Gasteiger partial charge on any atom is -0.383 e. The lowest BCUT2D eigenvalue weighted by atomic mass is 10.2. The number of aliphatic hydroxyl groups excluding tert-OH is 1. The van der Waals surface area contributed by atoms with Crippen LogP contribution in [0.15, 0.2) is 26.7 Å². The number of thiophene rings is 2. The van der Waals surface area contributed by atoms with Crippen molar-refractivity contribution in [3.63, 3.8) is 0 Å². The number of rotatable bonds is 2. The third kappa shape index (κ3) is 2.06. The first-order valence-electron chi connectivity index (χ1n) is 3.82. The minimum absolute atomic E-state index is 0.498. The highest BCUT2D eigenvalue weighted by Crippen LogP contribution is 2.35. The standard InChI is InChI=1S/C9H6BrIOS2/c10-6-4-13-3-5(6)8(12)9-7(11)1-2-14-9/h1-4,8,12H. The maximum atomic E-state index is 10.1. The van der Waals surface area contributed by atoms with E-state index in [2.05, 4.69) is 38.5 Å². The summed E-state index contributed by atoms with van der Waals surface area (Å²) in [4.78, 5) is 1.02. The van der Waals surface area contributed by atoms with E-state index in [1.165, 1.54) is 0 Å². The second-order valence-corrected chi connectivity index (χ2v) is 6.42. The quantitative estimate of drug-likeness (QED) is 0.746. The summed E-state index contributed by atoms with van der Waals surface area (Å²) < 4.78 is 2.11. The zero-order valence-electron chi connectivity index (χ0n) is 6.91. The Morgan fingerprint density at radius 1 is 1.43 bits per heavy atom. The Hall–Kier alpha value is 0.570. The zero-order valence-corrected chi connectivity index (χ0v) is 12.3. The summed E-state index contributed by atoms with van der Waals surface area (Å²) in [5.41, 5.74) is 0.954. The van der Waals surface area contributed by atoms with Crippen molar-refractivity contribution in [1.29, 1.82) is 0 Å². The van der Waals surface area contributed by atoms with Crippen molar-refractivity contribution in [3.05, 3.63) is 40.7 Å². The molecule has 0 aromatic carbocycles. The molecule has 1 nitrogen and oxygen atoms in total. The van der Waals surface area contributed by atoms with Gasteiger partial charge < -0.3 is 5.11 Å². The van der Waals surface area contributed by atoms with E-state index in [9.17, 15) is 5.11 Å². The largest absolute Gasteiger partial charge is 0.383 e. The van der Waals surface area contributed by atoms with Gasteiger partial charge in [0, 0.05) is 19.0 Å². The lowest BCUT2D eigenvalue weighted by Gasteiger charge is -2.08. The van der Waals surface area contributed by atoms with Gasteiger partial charge in [-0.1, -0.05) is 0 Å². The van der Waals surface area contributed by atoms with Gasteiger partial charge in [-0.2, -0.15) is 11.3 Å². The molecular weight excluding hydrogens is 395 g/mol. The molecule has 0 spiro atoms. The number of hydrogen-bond acceptors (Lipinski definition) is 3. The Bertz CT molecular complexity index is 397. The third-order valence-electron chi connectivity index (χ3n) is 1.83. The van der Waals surface area contributed by atoms with Crippen LogP contribution in [0.2, 0.25) is 0 Å². The molecule has 0 bridgehead atoms. The number of hydrogen-bond donors (Lipinski definition) is 1. The van der Waals surface area contributed by atoms with Crippen molar-refractivity contribution >= 4 is 61.2 Å². The van der Waals surface area contributed by atoms with E-state index in [1.807, 2.05) is 22.2 Å². The lowest BCUT2D eigenvalue weighted by Crippen LogP contribution is -1.97. The molecule has 0 radical (unpaired) electrons. The number of aliphatic hydroxyl groups is 1. The van der Waals surface area contributed by atoms with Gasteiger partial charge in [-0.25, -0.2) is 0 Å². The molecule has 2 heterocycles. The molecule has 1 unspecified atom stereocenters. The fraction of sp³-hybridized carbons (Fsp3) is 0.111. The Balaban J connectivity index is 2.38. The van der Waals surface area contributed by atoms with E-state index < -0.39 is 6.10 Å². The van der Waals surface area contributed by atoms with Crippen LogP contribution in [-0.2, 0) is 0 Å². The molecule has 5 heteroatoms. The zero-order chi connectivity index (χ0) is 10.1. The van der Waals surface area contributed by atoms with Crippen LogP contribution in [0.5, 0.6) is 0 Å². The first kappa shape index (κ1) is 11.1. The van der Waals surface area contributed by atoms with Gasteiger partial charge in [0.1, 0.15) is 6.10 Å². The van der Waals surface area contributed by atoms with Crippen molar-refractivity contribution < 1.29 is 5.11 Å². The van der Waals surface area contributed by atoms with Crippen molar-refractivity contribution in [2.45, 2.75) is 6.10 Å². The van der Waals surface area contributed by atoms with E-state index >= 15 is 0 Å². The van der Waals surface area contributed by atoms with Crippen LogP contribution in [0.25, 0.3) is 0 Å². The van der Waals surface area contributed by atoms with Gasteiger partial charge in [0.15, 0.2) is 0 Å². The van der Waals surface area contributed by atoms with Crippen LogP contribution in [0, 0.1) is 3.57 Å². The monoisotopic (exact) mass is 400 g/mol. The van der Waals surface area contributed by atoms with Crippen LogP contribution in [0.1, 0.15) is 16.5 Å². The summed E-state index contributed by atoms with van der Waals surface area (Å²) >= 11 is 8.86. The summed E-state index contributed by atoms with van der Waals surface area (Å²) in [5, 5.41) is 16.1. The minimum atomic E-state index is -0.498. The topological polar surface area (TPSA) is 20.2 Å². The van der Waals surface area contributed by atoms with Crippen LogP contribution in [0.4, 0.5) is 0 Å². The van der Waals surface area contributed by atoms with Crippen LogP contribution in [0.3, 0.4) is 0 Å². The van der Waals surface area contributed by atoms with Crippen molar-refractivity contribution in [3.8, 4) is 0 Å². The first-order chi connectivity index (χ1) is 6.70. The van der Waals surface area contributed by atoms with E-state index in [4.69, 9.17) is 0 Å². The van der Waals surface area contributed by atoms with E-state index in [-0.39, 0.29) is 0 Å². The van der Waals surface area contributed by atoms with Gasteiger partial charge in [-0.15, -0.1) is 11.3 Å². The highest BCUT2D eigenvalue weighted by atomic mass is 127. The fourth-order valence-corrected chi connectivity index (χ4v) is 4.55. The van der Waals surface area contributed by atoms with Crippen LogP contribution < -0.4 is 0 Å². The average Bonchev–Trinajstić information content (AvgIpc) is 2.73. The molecule has 0 amide bonds. The second kappa shape index (κ2) is 4.61. The molecular formula is C9H6BrIOS2.